The van der Waals surface area contributed by atoms with Gasteiger partial charge in [0, 0.05) is 6.20 Å². The van der Waals surface area contributed by atoms with Gasteiger partial charge in [-0.25, -0.2) is 0 Å². The second-order valence-electron chi connectivity index (χ2n) is 2.75. The number of aromatic nitrogens is 1. The van der Waals surface area contributed by atoms with Crippen molar-refractivity contribution in [3.05, 3.63) is 28.5 Å². The SMILES string of the molecule is O=Cc1c(Cl)ccnc1C(F)(F)C(F)(F)F. The minimum atomic E-state index is -5.83. The number of pyridine rings is 1. The fourth-order valence-electron chi connectivity index (χ4n) is 0.946. The van der Waals surface area contributed by atoms with Crippen molar-refractivity contribution in [2.24, 2.45) is 0 Å². The standard InChI is InChI=1S/C8H3ClF5NO/c9-5-1-2-15-6(4(5)3-16)7(10,11)8(12,13)14/h1-3H. The molecule has 0 aliphatic heterocycles. The maximum atomic E-state index is 12.9. The van der Waals surface area contributed by atoms with E-state index in [9.17, 15) is 26.7 Å². The highest BCUT2D eigenvalue weighted by Gasteiger charge is 2.61. The van der Waals surface area contributed by atoms with Gasteiger partial charge in [0.1, 0.15) is 5.69 Å². The van der Waals surface area contributed by atoms with Crippen molar-refractivity contribution >= 4 is 17.9 Å². The van der Waals surface area contributed by atoms with Crippen LogP contribution in [0.1, 0.15) is 16.1 Å². The number of rotatable bonds is 2. The van der Waals surface area contributed by atoms with Crippen molar-refractivity contribution in [3.63, 3.8) is 0 Å². The van der Waals surface area contributed by atoms with Crippen LogP contribution in [-0.4, -0.2) is 17.4 Å². The molecule has 0 spiro atoms. The van der Waals surface area contributed by atoms with Crippen molar-refractivity contribution < 1.29 is 26.7 Å². The van der Waals surface area contributed by atoms with E-state index in [0.29, 0.717) is 6.20 Å². The Morgan fingerprint density at radius 3 is 2.25 bits per heavy atom. The minimum absolute atomic E-state index is 0.190. The molecule has 0 saturated heterocycles. The lowest BCUT2D eigenvalue weighted by Gasteiger charge is -2.20. The fraction of sp³-hybridized carbons (Fsp3) is 0.250. The summed E-state index contributed by atoms with van der Waals surface area (Å²) in [5.41, 5.74) is -2.66. The van der Waals surface area contributed by atoms with E-state index in [2.05, 4.69) is 4.98 Å². The number of nitrogens with zero attached hydrogens (tertiary/aromatic N) is 1. The topological polar surface area (TPSA) is 30.0 Å². The third kappa shape index (κ3) is 1.99. The predicted molar refractivity (Wildman–Crippen MR) is 44.6 cm³/mol. The van der Waals surface area contributed by atoms with Crippen LogP contribution in [0.5, 0.6) is 0 Å². The third-order valence-electron chi connectivity index (χ3n) is 1.71. The van der Waals surface area contributed by atoms with Gasteiger partial charge >= 0.3 is 12.1 Å². The first-order valence-electron chi connectivity index (χ1n) is 3.76. The Hall–Kier alpha value is -1.24. The zero-order valence-electron chi connectivity index (χ0n) is 7.36. The van der Waals surface area contributed by atoms with Gasteiger partial charge in [-0.15, -0.1) is 0 Å². The molecular weight excluding hydrogens is 257 g/mol. The van der Waals surface area contributed by atoms with Gasteiger partial charge in [-0.3, -0.25) is 9.78 Å². The van der Waals surface area contributed by atoms with Crippen molar-refractivity contribution in [1.82, 2.24) is 4.98 Å². The molecule has 0 aliphatic carbocycles. The third-order valence-corrected chi connectivity index (χ3v) is 2.04. The number of hydrogen-bond donors (Lipinski definition) is 0. The van der Waals surface area contributed by atoms with E-state index >= 15 is 0 Å². The van der Waals surface area contributed by atoms with Gasteiger partial charge in [0.15, 0.2) is 6.29 Å². The van der Waals surface area contributed by atoms with Crippen molar-refractivity contribution in [2.75, 3.05) is 0 Å². The van der Waals surface area contributed by atoms with Crippen molar-refractivity contribution in [2.45, 2.75) is 12.1 Å². The smallest absolute Gasteiger partial charge is 0.298 e. The maximum absolute atomic E-state index is 12.9. The van der Waals surface area contributed by atoms with Crippen LogP contribution in [0, 0.1) is 0 Å². The summed E-state index contributed by atoms with van der Waals surface area (Å²) < 4.78 is 61.8. The predicted octanol–water partition coefficient (Wildman–Crippen LogP) is 3.20. The van der Waals surface area contributed by atoms with Gasteiger partial charge in [-0.2, -0.15) is 22.0 Å². The molecule has 88 valence electrons. The lowest BCUT2D eigenvalue weighted by Crippen LogP contribution is -2.35. The molecule has 0 unspecified atom stereocenters. The van der Waals surface area contributed by atoms with Crippen LogP contribution in [-0.2, 0) is 5.92 Å². The van der Waals surface area contributed by atoms with Gasteiger partial charge in [0.25, 0.3) is 0 Å². The molecule has 1 aromatic rings. The maximum Gasteiger partial charge on any atom is 0.459 e. The Labute approximate surface area is 91.0 Å². The molecule has 1 aromatic heterocycles. The first-order valence-corrected chi connectivity index (χ1v) is 4.14. The number of hydrogen-bond acceptors (Lipinski definition) is 2. The average molecular weight is 260 g/mol. The molecule has 0 aromatic carbocycles. The second kappa shape index (κ2) is 3.97. The second-order valence-corrected chi connectivity index (χ2v) is 3.15. The van der Waals surface area contributed by atoms with Crippen LogP contribution < -0.4 is 0 Å². The van der Waals surface area contributed by atoms with Crippen LogP contribution in [0.25, 0.3) is 0 Å². The summed E-state index contributed by atoms with van der Waals surface area (Å²) in [4.78, 5) is 13.3. The molecule has 0 fully saturated rings. The van der Waals surface area contributed by atoms with Gasteiger partial charge in [-0.1, -0.05) is 11.6 Å². The first kappa shape index (κ1) is 12.8. The highest BCUT2D eigenvalue weighted by Crippen LogP contribution is 2.44. The van der Waals surface area contributed by atoms with E-state index in [1.165, 1.54) is 0 Å². The Bertz CT molecular complexity index is 417. The Morgan fingerprint density at radius 1 is 1.25 bits per heavy atom. The molecule has 0 atom stereocenters. The van der Waals surface area contributed by atoms with Gasteiger partial charge < -0.3 is 0 Å². The molecule has 2 nitrogen and oxygen atoms in total. The zero-order valence-corrected chi connectivity index (χ0v) is 8.11. The van der Waals surface area contributed by atoms with Crippen LogP contribution in [0.3, 0.4) is 0 Å². The number of alkyl halides is 5. The number of halogens is 6. The van der Waals surface area contributed by atoms with Gasteiger partial charge in [0.2, 0.25) is 0 Å². The highest BCUT2D eigenvalue weighted by atomic mass is 35.5. The zero-order chi connectivity index (χ0) is 12.6. The molecule has 1 heterocycles. The molecule has 0 radical (unpaired) electrons. The van der Waals surface area contributed by atoms with Crippen LogP contribution >= 0.6 is 11.6 Å². The van der Waals surface area contributed by atoms with E-state index in [0.717, 1.165) is 6.07 Å². The molecule has 0 aliphatic rings. The number of carbonyl (C=O) groups is 1. The van der Waals surface area contributed by atoms with Crippen molar-refractivity contribution in [3.8, 4) is 0 Å². The average Bonchev–Trinajstić information content (AvgIpc) is 2.15. The van der Waals surface area contributed by atoms with Crippen molar-refractivity contribution in [1.29, 1.82) is 0 Å². The highest BCUT2D eigenvalue weighted by molar-refractivity contribution is 6.33. The van der Waals surface area contributed by atoms with E-state index in [1.807, 2.05) is 0 Å². The molecule has 0 amide bonds. The molecule has 0 bridgehead atoms. The molecule has 0 saturated carbocycles. The fourth-order valence-corrected chi connectivity index (χ4v) is 1.14. The monoisotopic (exact) mass is 259 g/mol. The summed E-state index contributed by atoms with van der Waals surface area (Å²) in [6.45, 7) is 0. The van der Waals surface area contributed by atoms with Gasteiger partial charge in [-0.05, 0) is 6.07 Å². The van der Waals surface area contributed by atoms with E-state index < -0.39 is 28.4 Å². The minimum Gasteiger partial charge on any atom is -0.298 e. The van der Waals surface area contributed by atoms with E-state index in [4.69, 9.17) is 11.6 Å². The molecule has 0 N–H and O–H groups in total. The summed E-state index contributed by atoms with van der Waals surface area (Å²) in [5, 5.41) is -0.510. The molecule has 16 heavy (non-hydrogen) atoms. The Kier molecular flexibility index (Phi) is 3.18. The Balaban J connectivity index is 3.44. The quantitative estimate of drug-likeness (QED) is 0.603. The number of carbonyl (C=O) groups excluding carboxylic acids is 1. The summed E-state index contributed by atoms with van der Waals surface area (Å²) >= 11 is 5.31. The Morgan fingerprint density at radius 2 is 1.81 bits per heavy atom. The molecular formula is C8H3ClF5NO. The van der Waals surface area contributed by atoms with Crippen LogP contribution in [0.4, 0.5) is 22.0 Å². The lowest BCUT2D eigenvalue weighted by atomic mass is 10.1. The normalized spacial score (nSPS) is 12.6. The summed E-state index contributed by atoms with van der Waals surface area (Å²) in [5.74, 6) is -5.21. The van der Waals surface area contributed by atoms with Crippen LogP contribution in [0.2, 0.25) is 5.02 Å². The molecule has 1 rings (SSSR count). The first-order chi connectivity index (χ1) is 7.21. The lowest BCUT2D eigenvalue weighted by molar-refractivity contribution is -0.291. The van der Waals surface area contributed by atoms with E-state index in [-0.39, 0.29) is 6.29 Å². The summed E-state index contributed by atoms with van der Waals surface area (Å²) in [7, 11) is 0. The largest absolute Gasteiger partial charge is 0.459 e. The van der Waals surface area contributed by atoms with Gasteiger partial charge in [0.05, 0.1) is 10.6 Å². The summed E-state index contributed by atoms with van der Waals surface area (Å²) in [6.07, 6.45) is -5.35. The number of aldehydes is 1. The summed E-state index contributed by atoms with van der Waals surface area (Å²) in [6, 6.07) is 0.946. The molecule has 8 heteroatoms. The van der Waals surface area contributed by atoms with Crippen LogP contribution in [0.15, 0.2) is 12.3 Å². The van der Waals surface area contributed by atoms with E-state index in [1.54, 1.807) is 0 Å².